The molecule has 0 radical (unpaired) electrons. The lowest BCUT2D eigenvalue weighted by atomic mass is 10.0. The average molecular weight is 419 g/mol. The van der Waals surface area contributed by atoms with Crippen molar-refractivity contribution in [1.29, 1.82) is 0 Å². The van der Waals surface area contributed by atoms with Crippen molar-refractivity contribution in [2.24, 2.45) is 10.7 Å². The van der Waals surface area contributed by atoms with E-state index in [2.05, 4.69) is 15.2 Å². The molecule has 156 valence electrons. The monoisotopic (exact) mass is 418 g/mol. The summed E-state index contributed by atoms with van der Waals surface area (Å²) in [6, 6.07) is 13.3. The number of anilines is 1. The van der Waals surface area contributed by atoms with E-state index in [0.29, 0.717) is 42.9 Å². The second-order valence-corrected chi connectivity index (χ2v) is 7.01. The number of morpholine rings is 1. The summed E-state index contributed by atoms with van der Waals surface area (Å²) in [5.74, 6) is 1.64. The predicted octanol–water partition coefficient (Wildman–Crippen LogP) is 3.16. The third-order valence-corrected chi connectivity index (χ3v) is 5.20. The van der Waals surface area contributed by atoms with Gasteiger partial charge >= 0.3 is 0 Å². The van der Waals surface area contributed by atoms with Crippen LogP contribution < -0.4 is 20.5 Å². The topological polar surface area (TPSA) is 81.3 Å². The number of nitrogens with two attached hydrogens (primary N) is 1. The minimum atomic E-state index is 0.0140. The maximum atomic E-state index is 6.47. The number of hydrogen-bond donors (Lipinski definition) is 2. The Morgan fingerprint density at radius 3 is 2.66 bits per heavy atom. The number of halogens is 1. The lowest BCUT2D eigenvalue weighted by molar-refractivity contribution is 0.0180. The Kier molecular flexibility index (Phi) is 7.57. The molecule has 1 aliphatic rings. The number of methoxy groups -OCH3 is 2. The van der Waals surface area contributed by atoms with E-state index in [4.69, 9.17) is 31.5 Å². The molecule has 29 heavy (non-hydrogen) atoms. The lowest BCUT2D eigenvalue weighted by Gasteiger charge is -2.34. The summed E-state index contributed by atoms with van der Waals surface area (Å²) in [4.78, 5) is 6.92. The third kappa shape index (κ3) is 5.53. The zero-order valence-electron chi connectivity index (χ0n) is 16.7. The maximum Gasteiger partial charge on any atom is 0.193 e. The van der Waals surface area contributed by atoms with Crippen LogP contribution in [0, 0.1) is 0 Å². The molecule has 1 fully saturated rings. The van der Waals surface area contributed by atoms with Crippen LogP contribution in [-0.2, 0) is 4.74 Å². The first-order chi connectivity index (χ1) is 14.1. The molecular formula is C21H27ClN4O3. The number of nitrogens with one attached hydrogen (secondary N) is 1. The van der Waals surface area contributed by atoms with Crippen LogP contribution >= 0.6 is 11.6 Å². The molecule has 3 rings (SSSR count). The second-order valence-electron chi connectivity index (χ2n) is 6.60. The fourth-order valence-electron chi connectivity index (χ4n) is 3.32. The van der Waals surface area contributed by atoms with E-state index in [9.17, 15) is 0 Å². The minimum absolute atomic E-state index is 0.0140. The van der Waals surface area contributed by atoms with Gasteiger partial charge in [-0.2, -0.15) is 0 Å². The number of guanidine groups is 1. The molecule has 0 bridgehead atoms. The van der Waals surface area contributed by atoms with Crippen LogP contribution in [0.15, 0.2) is 47.5 Å². The summed E-state index contributed by atoms with van der Waals surface area (Å²) in [6.45, 7) is 3.50. The van der Waals surface area contributed by atoms with Gasteiger partial charge in [-0.25, -0.2) is 0 Å². The smallest absolute Gasteiger partial charge is 0.193 e. The summed E-state index contributed by atoms with van der Waals surface area (Å²) in [5.41, 5.74) is 7.90. The van der Waals surface area contributed by atoms with Crippen LogP contribution in [0.1, 0.15) is 11.6 Å². The van der Waals surface area contributed by atoms with Gasteiger partial charge in [-0.3, -0.25) is 9.89 Å². The number of hydrogen-bond acceptors (Lipinski definition) is 5. The molecule has 0 amide bonds. The largest absolute Gasteiger partial charge is 0.497 e. The second kappa shape index (κ2) is 10.3. The fraction of sp³-hybridized carbons (Fsp3) is 0.381. The fourth-order valence-corrected chi connectivity index (χ4v) is 3.58. The normalized spacial score (nSPS) is 16.3. The summed E-state index contributed by atoms with van der Waals surface area (Å²) in [5, 5.41) is 3.83. The molecule has 8 heteroatoms. The van der Waals surface area contributed by atoms with Crippen molar-refractivity contribution in [3.05, 3.63) is 53.1 Å². The summed E-state index contributed by atoms with van der Waals surface area (Å²) < 4.78 is 16.2. The van der Waals surface area contributed by atoms with Crippen LogP contribution in [0.3, 0.4) is 0 Å². The number of aliphatic imine (C=N–C) groups is 1. The van der Waals surface area contributed by atoms with Gasteiger partial charge in [-0.05, 0) is 23.8 Å². The van der Waals surface area contributed by atoms with Gasteiger partial charge in [0.25, 0.3) is 0 Å². The molecule has 1 unspecified atom stereocenters. The first-order valence-electron chi connectivity index (χ1n) is 9.47. The van der Waals surface area contributed by atoms with Gasteiger partial charge < -0.3 is 25.3 Å². The Labute approximate surface area is 176 Å². The standard InChI is InChI=1S/C21H27ClN4O3/c1-27-15-7-8-20(28-2)18(13-15)25-21(23)24-14-19(26-9-11-29-12-10-26)16-5-3-4-6-17(16)22/h3-8,13,19H,9-12,14H2,1-2H3,(H3,23,24,25). The van der Waals surface area contributed by atoms with E-state index < -0.39 is 0 Å². The molecule has 7 nitrogen and oxygen atoms in total. The van der Waals surface area contributed by atoms with Crippen molar-refractivity contribution in [2.75, 3.05) is 52.4 Å². The summed E-state index contributed by atoms with van der Waals surface area (Å²) in [7, 11) is 3.21. The number of benzene rings is 2. The van der Waals surface area contributed by atoms with Gasteiger partial charge in [0.1, 0.15) is 11.5 Å². The SMILES string of the molecule is COc1ccc(OC)c(NC(N)=NCC(c2ccccc2Cl)N2CCOCC2)c1. The lowest BCUT2D eigenvalue weighted by Crippen LogP contribution is -2.40. The van der Waals surface area contributed by atoms with Gasteiger partial charge in [-0.15, -0.1) is 0 Å². The molecule has 1 atom stereocenters. The van der Waals surface area contributed by atoms with Gasteiger partial charge in [0.2, 0.25) is 0 Å². The number of rotatable bonds is 7. The molecule has 3 N–H and O–H groups in total. The molecule has 1 heterocycles. The van der Waals surface area contributed by atoms with E-state index in [1.54, 1.807) is 14.2 Å². The van der Waals surface area contributed by atoms with Crippen LogP contribution in [-0.4, -0.2) is 57.9 Å². The maximum absolute atomic E-state index is 6.47. The van der Waals surface area contributed by atoms with Crippen molar-refractivity contribution in [2.45, 2.75) is 6.04 Å². The highest BCUT2D eigenvalue weighted by Gasteiger charge is 2.24. The van der Waals surface area contributed by atoms with Crippen molar-refractivity contribution < 1.29 is 14.2 Å². The molecule has 2 aromatic carbocycles. The third-order valence-electron chi connectivity index (χ3n) is 4.85. The van der Waals surface area contributed by atoms with Gasteiger partial charge in [0, 0.05) is 24.2 Å². The highest BCUT2D eigenvalue weighted by atomic mass is 35.5. The molecule has 2 aromatic rings. The van der Waals surface area contributed by atoms with Crippen molar-refractivity contribution >= 4 is 23.2 Å². The first kappa shape index (κ1) is 21.2. The summed E-state index contributed by atoms with van der Waals surface area (Å²) >= 11 is 6.47. The molecular weight excluding hydrogens is 392 g/mol. The van der Waals surface area contributed by atoms with Crippen molar-refractivity contribution in [3.63, 3.8) is 0 Å². The Bertz CT molecular complexity index is 840. The zero-order valence-corrected chi connectivity index (χ0v) is 17.5. The molecule has 0 aliphatic carbocycles. The zero-order chi connectivity index (χ0) is 20.6. The number of ether oxygens (including phenoxy) is 3. The average Bonchev–Trinajstić information content (AvgIpc) is 2.75. The Balaban J connectivity index is 1.79. The highest BCUT2D eigenvalue weighted by molar-refractivity contribution is 6.31. The van der Waals surface area contributed by atoms with Crippen LogP contribution in [0.2, 0.25) is 5.02 Å². The Morgan fingerprint density at radius 2 is 1.97 bits per heavy atom. The highest BCUT2D eigenvalue weighted by Crippen LogP contribution is 2.30. The molecule has 1 saturated heterocycles. The quantitative estimate of drug-likeness (QED) is 0.531. The van der Waals surface area contributed by atoms with E-state index in [1.807, 2.05) is 42.5 Å². The molecule has 0 aromatic heterocycles. The van der Waals surface area contributed by atoms with Gasteiger partial charge in [0.05, 0.1) is 45.7 Å². The van der Waals surface area contributed by atoms with Gasteiger partial charge in [0.15, 0.2) is 5.96 Å². The summed E-state index contributed by atoms with van der Waals surface area (Å²) in [6.07, 6.45) is 0. The number of nitrogens with zero attached hydrogens (tertiary/aromatic N) is 2. The van der Waals surface area contributed by atoms with Crippen LogP contribution in [0.4, 0.5) is 5.69 Å². The van der Waals surface area contributed by atoms with E-state index in [0.717, 1.165) is 23.7 Å². The van der Waals surface area contributed by atoms with Crippen LogP contribution in [0.5, 0.6) is 11.5 Å². The van der Waals surface area contributed by atoms with E-state index in [1.165, 1.54) is 0 Å². The van der Waals surface area contributed by atoms with E-state index in [-0.39, 0.29) is 6.04 Å². The van der Waals surface area contributed by atoms with Crippen molar-refractivity contribution in [3.8, 4) is 11.5 Å². The predicted molar refractivity (Wildman–Crippen MR) is 116 cm³/mol. The van der Waals surface area contributed by atoms with E-state index >= 15 is 0 Å². The van der Waals surface area contributed by atoms with Crippen LogP contribution in [0.25, 0.3) is 0 Å². The minimum Gasteiger partial charge on any atom is -0.497 e. The molecule has 1 aliphatic heterocycles. The Morgan fingerprint density at radius 1 is 1.21 bits per heavy atom. The molecule has 0 saturated carbocycles. The molecule has 0 spiro atoms. The Hall–Kier alpha value is -2.48. The van der Waals surface area contributed by atoms with Gasteiger partial charge in [-0.1, -0.05) is 29.8 Å². The first-order valence-corrected chi connectivity index (χ1v) is 9.85. The van der Waals surface area contributed by atoms with Crippen molar-refractivity contribution in [1.82, 2.24) is 4.90 Å².